The highest BCUT2D eigenvalue weighted by molar-refractivity contribution is 9.24. The largest absolute Gasteiger partial charge is 0.246 e. The highest BCUT2D eigenvalue weighted by Crippen LogP contribution is 2.14. The molecule has 0 aliphatic rings. The maximum atomic E-state index is 11.7. The SMILES string of the molecule is CC(F)C(Br)Br. The van der Waals surface area contributed by atoms with Crippen LogP contribution in [-0.2, 0) is 0 Å². The molecule has 0 spiro atoms. The lowest BCUT2D eigenvalue weighted by Crippen LogP contribution is -2.00. The van der Waals surface area contributed by atoms with Crippen LogP contribution in [0.15, 0.2) is 0 Å². The highest BCUT2D eigenvalue weighted by atomic mass is 79.9. The van der Waals surface area contributed by atoms with Crippen LogP contribution in [0.3, 0.4) is 0 Å². The van der Waals surface area contributed by atoms with Crippen molar-refractivity contribution in [3.63, 3.8) is 0 Å². The van der Waals surface area contributed by atoms with Gasteiger partial charge in [-0.05, 0) is 6.92 Å². The summed E-state index contributed by atoms with van der Waals surface area (Å²) in [5, 5.41) is 0. The second kappa shape index (κ2) is 2.97. The van der Waals surface area contributed by atoms with Crippen LogP contribution in [0.2, 0.25) is 0 Å². The highest BCUT2D eigenvalue weighted by Gasteiger charge is 2.04. The van der Waals surface area contributed by atoms with E-state index in [0.717, 1.165) is 0 Å². The van der Waals surface area contributed by atoms with E-state index < -0.39 is 6.17 Å². The first-order chi connectivity index (χ1) is 2.64. The van der Waals surface area contributed by atoms with E-state index in [1.54, 1.807) is 0 Å². The topological polar surface area (TPSA) is 0 Å². The fourth-order valence-electron chi connectivity index (χ4n) is 0. The summed E-state index contributed by atoms with van der Waals surface area (Å²) in [7, 11) is 0. The van der Waals surface area contributed by atoms with Gasteiger partial charge in [-0.3, -0.25) is 0 Å². The van der Waals surface area contributed by atoms with Crippen LogP contribution in [0.25, 0.3) is 0 Å². The van der Waals surface area contributed by atoms with Gasteiger partial charge in [-0.1, -0.05) is 31.9 Å². The zero-order chi connectivity index (χ0) is 5.15. The molecule has 3 heteroatoms. The minimum atomic E-state index is -0.815. The number of hydrogen-bond donors (Lipinski definition) is 0. The second-order valence-electron chi connectivity index (χ2n) is 1.01. The van der Waals surface area contributed by atoms with Crippen molar-refractivity contribution in [3.05, 3.63) is 0 Å². The number of alkyl halides is 3. The van der Waals surface area contributed by atoms with E-state index >= 15 is 0 Å². The fraction of sp³-hybridized carbons (Fsp3) is 1.00. The van der Waals surface area contributed by atoms with Gasteiger partial charge < -0.3 is 0 Å². The molecule has 0 radical (unpaired) electrons. The first-order valence-corrected chi connectivity index (χ1v) is 3.40. The van der Waals surface area contributed by atoms with Gasteiger partial charge in [0, 0.05) is 0 Å². The van der Waals surface area contributed by atoms with Gasteiger partial charge in [0.2, 0.25) is 0 Å². The normalized spacial score (nSPS) is 15.5. The minimum absolute atomic E-state index is 0.190. The molecule has 6 heavy (non-hydrogen) atoms. The molecule has 1 unspecified atom stereocenters. The van der Waals surface area contributed by atoms with E-state index in [9.17, 15) is 4.39 Å². The summed E-state index contributed by atoms with van der Waals surface area (Å²) in [6.07, 6.45) is -0.815. The molecule has 0 rings (SSSR count). The van der Waals surface area contributed by atoms with Crippen LogP contribution in [0, 0.1) is 0 Å². The van der Waals surface area contributed by atoms with Gasteiger partial charge in [0.05, 0.1) is 0 Å². The summed E-state index contributed by atoms with van der Waals surface area (Å²) in [5.74, 6) is 0. The predicted octanol–water partition coefficient (Wildman–Crippen LogP) is 2.46. The molecule has 0 nitrogen and oxygen atoms in total. The van der Waals surface area contributed by atoms with Crippen LogP contribution in [0.4, 0.5) is 4.39 Å². The number of halogens is 3. The third-order valence-corrected chi connectivity index (χ3v) is 1.80. The van der Waals surface area contributed by atoms with Crippen LogP contribution in [-0.4, -0.2) is 9.91 Å². The van der Waals surface area contributed by atoms with Gasteiger partial charge in [-0.15, -0.1) is 0 Å². The minimum Gasteiger partial charge on any atom is -0.246 e. The Balaban J connectivity index is 2.99. The Hall–Kier alpha value is 0.890. The molecule has 0 saturated carbocycles. The van der Waals surface area contributed by atoms with E-state index in [1.165, 1.54) is 6.92 Å². The Kier molecular flexibility index (Phi) is 3.41. The smallest absolute Gasteiger partial charge is 0.120 e. The monoisotopic (exact) mass is 218 g/mol. The Morgan fingerprint density at radius 1 is 1.50 bits per heavy atom. The first kappa shape index (κ1) is 6.89. The van der Waals surface area contributed by atoms with Crippen molar-refractivity contribution in [1.82, 2.24) is 0 Å². The standard InChI is InChI=1S/C3H5Br2F/c1-2(6)3(4)5/h2-3H,1H3. The molecule has 0 N–H and O–H groups in total. The molecule has 0 aromatic carbocycles. The van der Waals surface area contributed by atoms with Crippen molar-refractivity contribution >= 4 is 31.9 Å². The molecule has 0 heterocycles. The predicted molar refractivity (Wildman–Crippen MR) is 32.2 cm³/mol. The van der Waals surface area contributed by atoms with Crippen LogP contribution >= 0.6 is 31.9 Å². The third kappa shape index (κ3) is 3.09. The fourth-order valence-corrected chi connectivity index (χ4v) is 0. The van der Waals surface area contributed by atoms with Crippen molar-refractivity contribution in [1.29, 1.82) is 0 Å². The lowest BCUT2D eigenvalue weighted by atomic mass is 10.5. The number of rotatable bonds is 1. The Bertz CT molecular complexity index is 29.8. The summed E-state index contributed by atoms with van der Waals surface area (Å²) in [6, 6.07) is 0. The van der Waals surface area contributed by atoms with Crippen LogP contribution in [0.5, 0.6) is 0 Å². The average molecular weight is 220 g/mol. The van der Waals surface area contributed by atoms with Gasteiger partial charge in [-0.25, -0.2) is 4.39 Å². The molecule has 0 saturated heterocycles. The molecular formula is C3H5Br2F. The van der Waals surface area contributed by atoms with E-state index in [4.69, 9.17) is 0 Å². The van der Waals surface area contributed by atoms with Gasteiger partial charge in [0.1, 0.15) is 9.91 Å². The van der Waals surface area contributed by atoms with E-state index in [-0.39, 0.29) is 3.74 Å². The van der Waals surface area contributed by atoms with Crippen LogP contribution in [0.1, 0.15) is 6.92 Å². The van der Waals surface area contributed by atoms with Crippen molar-refractivity contribution in [3.8, 4) is 0 Å². The zero-order valence-corrected chi connectivity index (χ0v) is 6.46. The van der Waals surface area contributed by atoms with Crippen molar-refractivity contribution in [2.45, 2.75) is 16.8 Å². The van der Waals surface area contributed by atoms with Crippen molar-refractivity contribution in [2.24, 2.45) is 0 Å². The Labute approximate surface area is 53.4 Å². The third-order valence-electron chi connectivity index (χ3n) is 0.347. The second-order valence-corrected chi connectivity index (χ2v) is 4.21. The summed E-state index contributed by atoms with van der Waals surface area (Å²) >= 11 is 5.96. The Morgan fingerprint density at radius 2 is 1.67 bits per heavy atom. The number of hydrogen-bond acceptors (Lipinski definition) is 0. The molecule has 0 fully saturated rings. The quantitative estimate of drug-likeness (QED) is 0.595. The average Bonchev–Trinajstić information content (AvgIpc) is 1.36. The van der Waals surface area contributed by atoms with Crippen molar-refractivity contribution < 1.29 is 4.39 Å². The van der Waals surface area contributed by atoms with Gasteiger partial charge >= 0.3 is 0 Å². The summed E-state index contributed by atoms with van der Waals surface area (Å²) in [4.78, 5) is 0. The molecule has 38 valence electrons. The van der Waals surface area contributed by atoms with E-state index in [0.29, 0.717) is 0 Å². The molecule has 0 aromatic heterocycles. The summed E-state index contributed by atoms with van der Waals surface area (Å²) < 4.78 is 11.5. The van der Waals surface area contributed by atoms with Crippen LogP contribution < -0.4 is 0 Å². The molecule has 0 aliphatic carbocycles. The first-order valence-electron chi connectivity index (χ1n) is 1.57. The van der Waals surface area contributed by atoms with E-state index in [2.05, 4.69) is 31.9 Å². The lowest BCUT2D eigenvalue weighted by Gasteiger charge is -1.97. The zero-order valence-electron chi connectivity index (χ0n) is 3.29. The van der Waals surface area contributed by atoms with Gasteiger partial charge in [-0.2, -0.15) is 0 Å². The molecular weight excluding hydrogens is 215 g/mol. The molecule has 0 aliphatic heterocycles. The molecule has 0 amide bonds. The lowest BCUT2D eigenvalue weighted by molar-refractivity contribution is 0.391. The van der Waals surface area contributed by atoms with Crippen molar-refractivity contribution in [2.75, 3.05) is 0 Å². The molecule has 0 aromatic rings. The molecule has 1 atom stereocenters. The maximum Gasteiger partial charge on any atom is 0.120 e. The van der Waals surface area contributed by atoms with Gasteiger partial charge in [0.25, 0.3) is 0 Å². The summed E-state index contributed by atoms with van der Waals surface area (Å²) in [5.41, 5.74) is 0. The maximum absolute atomic E-state index is 11.7. The Morgan fingerprint density at radius 3 is 1.67 bits per heavy atom. The molecule has 0 bridgehead atoms. The summed E-state index contributed by atoms with van der Waals surface area (Å²) in [6.45, 7) is 1.48. The van der Waals surface area contributed by atoms with Gasteiger partial charge in [0.15, 0.2) is 0 Å². The van der Waals surface area contributed by atoms with E-state index in [1.807, 2.05) is 0 Å².